The van der Waals surface area contributed by atoms with Crippen molar-refractivity contribution >= 4 is 11.6 Å². The first-order chi connectivity index (χ1) is 5.75. The largest absolute Gasteiger partial charge is 0.324 e. The Hall–Kier alpha value is -0.860. The van der Waals surface area contributed by atoms with Crippen molar-refractivity contribution in [2.45, 2.75) is 12.5 Å². The van der Waals surface area contributed by atoms with E-state index in [0.29, 0.717) is 11.4 Å². The summed E-state index contributed by atoms with van der Waals surface area (Å²) in [6, 6.07) is 1.64. The maximum Gasteiger partial charge on any atom is 0.0484 e. The topological polar surface area (TPSA) is 38.9 Å². The molecule has 1 heterocycles. The fourth-order valence-electron chi connectivity index (χ4n) is 0.969. The van der Waals surface area contributed by atoms with Crippen molar-refractivity contribution < 1.29 is 0 Å². The molecule has 3 heteroatoms. The van der Waals surface area contributed by atoms with Gasteiger partial charge in [0.2, 0.25) is 0 Å². The molecule has 2 N–H and O–H groups in total. The summed E-state index contributed by atoms with van der Waals surface area (Å²) in [5, 5.41) is 0.666. The predicted molar refractivity (Wildman–Crippen MR) is 51.0 cm³/mol. The fourth-order valence-corrected chi connectivity index (χ4v) is 1.21. The Kier molecular flexibility index (Phi) is 3.26. The van der Waals surface area contributed by atoms with Gasteiger partial charge >= 0.3 is 0 Å². The molecule has 0 unspecified atom stereocenters. The molecule has 0 fully saturated rings. The van der Waals surface area contributed by atoms with Gasteiger partial charge in [-0.15, -0.1) is 6.58 Å². The summed E-state index contributed by atoms with van der Waals surface area (Å²) in [5.41, 5.74) is 6.68. The van der Waals surface area contributed by atoms with Crippen LogP contribution in [0.15, 0.2) is 31.1 Å². The standard InChI is InChI=1S/C9H11ClN2/c1-2-3-9(11)7-6-12-5-4-8(7)10/h2,4-6,9H,1,3,11H2/t9-/m1/s1. The molecule has 1 aromatic heterocycles. The molecule has 0 spiro atoms. The Labute approximate surface area is 77.1 Å². The minimum absolute atomic E-state index is 0.0938. The van der Waals surface area contributed by atoms with E-state index in [4.69, 9.17) is 17.3 Å². The van der Waals surface area contributed by atoms with Crippen LogP contribution in [0.4, 0.5) is 0 Å². The molecule has 0 aliphatic carbocycles. The summed E-state index contributed by atoms with van der Waals surface area (Å²) in [4.78, 5) is 3.95. The molecule has 0 aliphatic rings. The highest BCUT2D eigenvalue weighted by atomic mass is 35.5. The molecule has 0 saturated heterocycles. The summed E-state index contributed by atoms with van der Waals surface area (Å²) >= 11 is 5.90. The average molecular weight is 183 g/mol. The van der Waals surface area contributed by atoms with Gasteiger partial charge in [-0.1, -0.05) is 17.7 Å². The van der Waals surface area contributed by atoms with Gasteiger partial charge < -0.3 is 5.73 Å². The van der Waals surface area contributed by atoms with Crippen LogP contribution in [0, 0.1) is 0 Å². The molecule has 0 aromatic carbocycles. The van der Waals surface area contributed by atoms with Gasteiger partial charge in [-0.05, 0) is 12.5 Å². The third-order valence-corrected chi connectivity index (χ3v) is 1.96. The second-order valence-corrected chi connectivity index (χ2v) is 2.94. The number of rotatable bonds is 3. The third kappa shape index (κ3) is 2.06. The lowest BCUT2D eigenvalue weighted by atomic mass is 10.1. The van der Waals surface area contributed by atoms with E-state index < -0.39 is 0 Å². The molecular formula is C9H11ClN2. The van der Waals surface area contributed by atoms with Crippen molar-refractivity contribution in [3.05, 3.63) is 41.7 Å². The molecule has 12 heavy (non-hydrogen) atoms. The lowest BCUT2D eigenvalue weighted by molar-refractivity contribution is 0.738. The molecule has 0 amide bonds. The molecule has 64 valence electrons. The van der Waals surface area contributed by atoms with Gasteiger partial charge in [0.25, 0.3) is 0 Å². The van der Waals surface area contributed by atoms with E-state index in [2.05, 4.69) is 11.6 Å². The summed E-state index contributed by atoms with van der Waals surface area (Å²) in [6.45, 7) is 3.61. The molecule has 0 bridgehead atoms. The van der Waals surface area contributed by atoms with Crippen LogP contribution in [0.1, 0.15) is 18.0 Å². The monoisotopic (exact) mass is 182 g/mol. The van der Waals surface area contributed by atoms with Gasteiger partial charge in [0.15, 0.2) is 0 Å². The number of hydrogen-bond acceptors (Lipinski definition) is 2. The van der Waals surface area contributed by atoms with Gasteiger partial charge in [-0.25, -0.2) is 0 Å². The summed E-state index contributed by atoms with van der Waals surface area (Å²) < 4.78 is 0. The van der Waals surface area contributed by atoms with E-state index in [0.717, 1.165) is 5.56 Å². The minimum Gasteiger partial charge on any atom is -0.324 e. The number of nitrogens with two attached hydrogens (primary N) is 1. The summed E-state index contributed by atoms with van der Waals surface area (Å²) in [6.07, 6.45) is 5.82. The molecule has 2 nitrogen and oxygen atoms in total. The van der Waals surface area contributed by atoms with E-state index in [1.54, 1.807) is 24.5 Å². The first-order valence-corrected chi connectivity index (χ1v) is 4.09. The fraction of sp³-hybridized carbons (Fsp3) is 0.222. The maximum atomic E-state index is 5.90. The van der Waals surface area contributed by atoms with Crippen LogP contribution in [0.2, 0.25) is 5.02 Å². The van der Waals surface area contributed by atoms with Crippen LogP contribution in [-0.4, -0.2) is 4.98 Å². The van der Waals surface area contributed by atoms with Crippen LogP contribution in [0.25, 0.3) is 0 Å². The van der Waals surface area contributed by atoms with E-state index in [-0.39, 0.29) is 6.04 Å². The highest BCUT2D eigenvalue weighted by Crippen LogP contribution is 2.21. The second-order valence-electron chi connectivity index (χ2n) is 2.53. The average Bonchev–Trinajstić information content (AvgIpc) is 2.05. The zero-order valence-electron chi connectivity index (χ0n) is 6.70. The van der Waals surface area contributed by atoms with E-state index in [1.165, 1.54) is 0 Å². The lowest BCUT2D eigenvalue weighted by Gasteiger charge is -2.09. The summed E-state index contributed by atoms with van der Waals surface area (Å²) in [5.74, 6) is 0. The minimum atomic E-state index is -0.0938. The van der Waals surface area contributed by atoms with Crippen molar-refractivity contribution in [2.24, 2.45) is 5.73 Å². The molecule has 1 atom stereocenters. The predicted octanol–water partition coefficient (Wildman–Crippen LogP) is 2.31. The van der Waals surface area contributed by atoms with Crippen molar-refractivity contribution in [2.75, 3.05) is 0 Å². The Morgan fingerprint density at radius 2 is 2.50 bits per heavy atom. The Balaban J connectivity index is 2.86. The molecule has 1 aromatic rings. The zero-order chi connectivity index (χ0) is 8.97. The van der Waals surface area contributed by atoms with Crippen LogP contribution < -0.4 is 5.73 Å². The van der Waals surface area contributed by atoms with Gasteiger partial charge in [0, 0.05) is 29.0 Å². The molecule has 0 radical (unpaired) electrons. The van der Waals surface area contributed by atoms with Crippen LogP contribution >= 0.6 is 11.6 Å². The maximum absolute atomic E-state index is 5.90. The smallest absolute Gasteiger partial charge is 0.0484 e. The normalized spacial score (nSPS) is 12.5. The molecule has 0 aliphatic heterocycles. The van der Waals surface area contributed by atoms with Crippen LogP contribution in [-0.2, 0) is 0 Å². The van der Waals surface area contributed by atoms with Crippen LogP contribution in [0.3, 0.4) is 0 Å². The third-order valence-electron chi connectivity index (χ3n) is 1.62. The first-order valence-electron chi connectivity index (χ1n) is 3.71. The highest BCUT2D eigenvalue weighted by Gasteiger charge is 2.07. The van der Waals surface area contributed by atoms with Crippen molar-refractivity contribution in [3.63, 3.8) is 0 Å². The molecule has 1 rings (SSSR count). The van der Waals surface area contributed by atoms with Crippen LogP contribution in [0.5, 0.6) is 0 Å². The molecule has 0 saturated carbocycles. The number of nitrogens with zero attached hydrogens (tertiary/aromatic N) is 1. The number of hydrogen-bond donors (Lipinski definition) is 1. The van der Waals surface area contributed by atoms with Crippen molar-refractivity contribution in [1.29, 1.82) is 0 Å². The second kappa shape index (κ2) is 4.24. The van der Waals surface area contributed by atoms with Gasteiger partial charge in [-0.2, -0.15) is 0 Å². The molecular weight excluding hydrogens is 172 g/mol. The first kappa shape index (κ1) is 9.23. The SMILES string of the molecule is C=CC[C@@H](N)c1cnccc1Cl. The number of aromatic nitrogens is 1. The lowest BCUT2D eigenvalue weighted by Crippen LogP contribution is -2.09. The van der Waals surface area contributed by atoms with Crippen molar-refractivity contribution in [1.82, 2.24) is 4.98 Å². The Bertz CT molecular complexity index is 273. The number of pyridine rings is 1. The highest BCUT2D eigenvalue weighted by molar-refractivity contribution is 6.31. The quantitative estimate of drug-likeness (QED) is 0.729. The van der Waals surface area contributed by atoms with E-state index >= 15 is 0 Å². The van der Waals surface area contributed by atoms with Gasteiger partial charge in [0.1, 0.15) is 0 Å². The van der Waals surface area contributed by atoms with E-state index in [9.17, 15) is 0 Å². The summed E-state index contributed by atoms with van der Waals surface area (Å²) in [7, 11) is 0. The Morgan fingerprint density at radius 1 is 1.75 bits per heavy atom. The van der Waals surface area contributed by atoms with Gasteiger partial charge in [-0.3, -0.25) is 4.98 Å². The van der Waals surface area contributed by atoms with Gasteiger partial charge in [0.05, 0.1) is 0 Å². The van der Waals surface area contributed by atoms with Crippen molar-refractivity contribution in [3.8, 4) is 0 Å². The van der Waals surface area contributed by atoms with E-state index in [1.807, 2.05) is 0 Å². The zero-order valence-corrected chi connectivity index (χ0v) is 7.46. The Morgan fingerprint density at radius 3 is 3.08 bits per heavy atom. The number of halogens is 1.